The first-order valence-electron chi connectivity index (χ1n) is 3.64. The highest BCUT2D eigenvalue weighted by Gasteiger charge is 2.01. The summed E-state index contributed by atoms with van der Waals surface area (Å²) in [7, 11) is 0. The molecule has 0 aliphatic carbocycles. The molecule has 1 rings (SSSR count). The average molecular weight is 172 g/mol. The highest BCUT2D eigenvalue weighted by atomic mass is 16.5. The fraction of sp³-hybridized carbons (Fsp3) is 0.100. The summed E-state index contributed by atoms with van der Waals surface area (Å²) in [5.74, 6) is 2.79. The lowest BCUT2D eigenvalue weighted by molar-refractivity contribution is 0.369. The molecule has 0 heterocycles. The Morgan fingerprint density at radius 2 is 2.31 bits per heavy atom. The van der Waals surface area contributed by atoms with Gasteiger partial charge in [-0.3, -0.25) is 0 Å². The molecule has 13 heavy (non-hydrogen) atoms. The van der Waals surface area contributed by atoms with E-state index >= 15 is 0 Å². The molecule has 1 aromatic rings. The maximum Gasteiger partial charge on any atom is 0.148 e. The normalized spacial score (nSPS) is 8.46. The summed E-state index contributed by atoms with van der Waals surface area (Å²) >= 11 is 0. The molecule has 3 heteroatoms. The van der Waals surface area contributed by atoms with Crippen LogP contribution in [0.3, 0.4) is 0 Å². The largest absolute Gasteiger partial charge is 0.480 e. The molecule has 0 aliphatic rings. The van der Waals surface area contributed by atoms with Gasteiger partial charge in [0.1, 0.15) is 18.4 Å². The third-order valence-electron chi connectivity index (χ3n) is 1.44. The number of rotatable bonds is 2. The SMILES string of the molecule is C#CCOc1ccc(N)cc1C#N. The van der Waals surface area contributed by atoms with Gasteiger partial charge in [0.2, 0.25) is 0 Å². The minimum absolute atomic E-state index is 0.151. The summed E-state index contributed by atoms with van der Waals surface area (Å²) < 4.78 is 5.12. The van der Waals surface area contributed by atoms with Crippen LogP contribution in [0.5, 0.6) is 5.75 Å². The van der Waals surface area contributed by atoms with E-state index in [1.165, 1.54) is 0 Å². The number of nitrogens with two attached hydrogens (primary N) is 1. The van der Waals surface area contributed by atoms with Gasteiger partial charge in [-0.15, -0.1) is 6.42 Å². The topological polar surface area (TPSA) is 59.0 Å². The first-order valence-corrected chi connectivity index (χ1v) is 3.64. The van der Waals surface area contributed by atoms with Crippen molar-refractivity contribution >= 4 is 5.69 Å². The maximum absolute atomic E-state index is 8.70. The second kappa shape index (κ2) is 4.04. The van der Waals surface area contributed by atoms with Crippen molar-refractivity contribution in [1.82, 2.24) is 0 Å². The standard InChI is InChI=1S/C10H8N2O/c1-2-5-13-10-4-3-9(12)6-8(10)7-11/h1,3-4,6H,5,12H2. The number of terminal acetylenes is 1. The lowest BCUT2D eigenvalue weighted by Crippen LogP contribution is -1.96. The molecule has 1 aromatic carbocycles. The summed E-state index contributed by atoms with van der Waals surface area (Å²) in [6, 6.07) is 6.81. The Hall–Kier alpha value is -2.13. The molecular formula is C10H8N2O. The first kappa shape index (κ1) is 8.96. The third-order valence-corrected chi connectivity index (χ3v) is 1.44. The zero-order valence-corrected chi connectivity index (χ0v) is 6.95. The fourth-order valence-electron chi connectivity index (χ4n) is 0.880. The van der Waals surface area contributed by atoms with Crippen LogP contribution in [0.15, 0.2) is 18.2 Å². The van der Waals surface area contributed by atoms with Gasteiger partial charge in [-0.05, 0) is 18.2 Å². The van der Waals surface area contributed by atoms with Crippen molar-refractivity contribution in [3.05, 3.63) is 23.8 Å². The van der Waals surface area contributed by atoms with E-state index in [1.54, 1.807) is 18.2 Å². The highest BCUT2D eigenvalue weighted by Crippen LogP contribution is 2.19. The summed E-state index contributed by atoms with van der Waals surface area (Å²) in [6.45, 7) is 0.151. The smallest absolute Gasteiger partial charge is 0.148 e. The van der Waals surface area contributed by atoms with Gasteiger partial charge in [0.15, 0.2) is 0 Å². The first-order chi connectivity index (χ1) is 6.27. The van der Waals surface area contributed by atoms with E-state index in [0.29, 0.717) is 17.0 Å². The molecule has 0 fully saturated rings. The minimum Gasteiger partial charge on any atom is -0.480 e. The zero-order valence-electron chi connectivity index (χ0n) is 6.95. The van der Waals surface area contributed by atoms with E-state index in [-0.39, 0.29) is 6.61 Å². The number of ether oxygens (including phenoxy) is 1. The number of anilines is 1. The number of benzene rings is 1. The molecule has 0 aromatic heterocycles. The van der Waals surface area contributed by atoms with Gasteiger partial charge in [-0.2, -0.15) is 5.26 Å². The van der Waals surface area contributed by atoms with Crippen LogP contribution in [0.2, 0.25) is 0 Å². The zero-order chi connectivity index (χ0) is 9.68. The summed E-state index contributed by atoms with van der Waals surface area (Å²) in [5, 5.41) is 8.70. The van der Waals surface area contributed by atoms with Crippen molar-refractivity contribution in [1.29, 1.82) is 5.26 Å². The number of nitriles is 1. The fourth-order valence-corrected chi connectivity index (χ4v) is 0.880. The molecule has 0 aliphatic heterocycles. The van der Waals surface area contributed by atoms with Crippen LogP contribution in [-0.4, -0.2) is 6.61 Å². The van der Waals surface area contributed by atoms with Crippen LogP contribution >= 0.6 is 0 Å². The molecule has 0 atom stereocenters. The van der Waals surface area contributed by atoms with Crippen molar-refractivity contribution in [2.45, 2.75) is 0 Å². The Bertz CT molecular complexity index is 385. The second-order valence-electron chi connectivity index (χ2n) is 2.36. The van der Waals surface area contributed by atoms with E-state index in [2.05, 4.69) is 5.92 Å². The van der Waals surface area contributed by atoms with Gasteiger partial charge in [-0.25, -0.2) is 0 Å². The predicted octanol–water partition coefficient (Wildman–Crippen LogP) is 1.15. The van der Waals surface area contributed by atoms with Crippen molar-refractivity contribution in [2.24, 2.45) is 0 Å². The maximum atomic E-state index is 8.70. The number of hydrogen-bond donors (Lipinski definition) is 1. The lowest BCUT2D eigenvalue weighted by atomic mass is 10.2. The van der Waals surface area contributed by atoms with Gasteiger partial charge in [0.05, 0.1) is 5.56 Å². The van der Waals surface area contributed by atoms with Gasteiger partial charge < -0.3 is 10.5 Å². The molecule has 2 N–H and O–H groups in total. The molecule has 0 amide bonds. The molecule has 3 nitrogen and oxygen atoms in total. The van der Waals surface area contributed by atoms with Crippen LogP contribution in [0, 0.1) is 23.7 Å². The van der Waals surface area contributed by atoms with Gasteiger partial charge in [0.25, 0.3) is 0 Å². The molecule has 0 bridgehead atoms. The average Bonchev–Trinajstić information content (AvgIpc) is 2.16. The van der Waals surface area contributed by atoms with Crippen molar-refractivity contribution < 1.29 is 4.74 Å². The Balaban J connectivity index is 2.96. The summed E-state index contributed by atoms with van der Waals surface area (Å²) in [5.41, 5.74) is 6.42. The molecule has 0 saturated heterocycles. The van der Waals surface area contributed by atoms with Crippen LogP contribution in [0.4, 0.5) is 5.69 Å². The molecule has 0 saturated carbocycles. The molecule has 0 spiro atoms. The molecule has 64 valence electrons. The number of hydrogen-bond acceptors (Lipinski definition) is 3. The van der Waals surface area contributed by atoms with Crippen molar-refractivity contribution in [2.75, 3.05) is 12.3 Å². The minimum atomic E-state index is 0.151. The van der Waals surface area contributed by atoms with E-state index in [4.69, 9.17) is 22.2 Å². The van der Waals surface area contributed by atoms with Crippen LogP contribution < -0.4 is 10.5 Å². The van der Waals surface area contributed by atoms with Crippen molar-refractivity contribution in [3.8, 4) is 24.2 Å². The van der Waals surface area contributed by atoms with Gasteiger partial charge in [-0.1, -0.05) is 5.92 Å². The van der Waals surface area contributed by atoms with Gasteiger partial charge >= 0.3 is 0 Å². The Morgan fingerprint density at radius 1 is 1.54 bits per heavy atom. The van der Waals surface area contributed by atoms with Crippen LogP contribution in [0.1, 0.15) is 5.56 Å². The Morgan fingerprint density at radius 3 is 2.92 bits per heavy atom. The number of nitrogen functional groups attached to an aromatic ring is 1. The van der Waals surface area contributed by atoms with Crippen molar-refractivity contribution in [3.63, 3.8) is 0 Å². The highest BCUT2D eigenvalue weighted by molar-refractivity contribution is 5.53. The van der Waals surface area contributed by atoms with Crippen LogP contribution in [0.25, 0.3) is 0 Å². The van der Waals surface area contributed by atoms with E-state index in [0.717, 1.165) is 0 Å². The number of nitrogens with zero attached hydrogens (tertiary/aromatic N) is 1. The quantitative estimate of drug-likeness (QED) is 0.537. The van der Waals surface area contributed by atoms with E-state index in [9.17, 15) is 0 Å². The van der Waals surface area contributed by atoms with Crippen LogP contribution in [-0.2, 0) is 0 Å². The molecule has 0 radical (unpaired) electrons. The Labute approximate surface area is 76.7 Å². The summed E-state index contributed by atoms with van der Waals surface area (Å²) in [4.78, 5) is 0. The van der Waals surface area contributed by atoms with E-state index < -0.39 is 0 Å². The third kappa shape index (κ3) is 2.15. The monoisotopic (exact) mass is 172 g/mol. The predicted molar refractivity (Wildman–Crippen MR) is 49.9 cm³/mol. The molecular weight excluding hydrogens is 164 g/mol. The molecule has 0 unspecified atom stereocenters. The Kier molecular flexibility index (Phi) is 2.78. The van der Waals surface area contributed by atoms with E-state index in [1.807, 2.05) is 6.07 Å². The lowest BCUT2D eigenvalue weighted by Gasteiger charge is -2.04. The second-order valence-corrected chi connectivity index (χ2v) is 2.36. The van der Waals surface area contributed by atoms with Gasteiger partial charge in [0, 0.05) is 5.69 Å². The summed E-state index contributed by atoms with van der Waals surface area (Å²) in [6.07, 6.45) is 5.02.